The molecule has 148 valence electrons. The summed E-state index contributed by atoms with van der Waals surface area (Å²) in [5.74, 6) is 0.144. The monoisotopic (exact) mass is 390 g/mol. The highest BCUT2D eigenvalue weighted by Gasteiger charge is 2.34. The zero-order chi connectivity index (χ0) is 20.3. The summed E-state index contributed by atoms with van der Waals surface area (Å²) in [6, 6.07) is 7.86. The summed E-state index contributed by atoms with van der Waals surface area (Å²) in [6.45, 7) is 4.59. The van der Waals surface area contributed by atoms with Crippen LogP contribution in [0.3, 0.4) is 0 Å². The summed E-state index contributed by atoms with van der Waals surface area (Å²) >= 11 is 0. The van der Waals surface area contributed by atoms with Crippen LogP contribution in [0.2, 0.25) is 0 Å². The minimum Gasteiger partial charge on any atom is -0.497 e. The number of nitrogens with zero attached hydrogens (tertiary/aromatic N) is 2. The number of esters is 1. The first-order chi connectivity index (χ1) is 14.1. The fourth-order valence-electron chi connectivity index (χ4n) is 4.69. The Kier molecular flexibility index (Phi) is 3.98. The fourth-order valence-corrected chi connectivity index (χ4v) is 4.69. The molecule has 0 bridgehead atoms. The number of pyridine rings is 2. The summed E-state index contributed by atoms with van der Waals surface area (Å²) in [4.78, 5) is 30.4. The SMILES string of the molecule is CCc1c2c(nc3ccc(OC)cc13)-c1cc3c(c(=O)n1C2)COC(=O)C3CC. The minimum absolute atomic E-state index is 0.0490. The zero-order valence-electron chi connectivity index (χ0n) is 16.7. The van der Waals surface area contributed by atoms with Crippen LogP contribution < -0.4 is 10.3 Å². The van der Waals surface area contributed by atoms with Crippen molar-refractivity contribution >= 4 is 16.9 Å². The maximum absolute atomic E-state index is 13.3. The smallest absolute Gasteiger partial charge is 0.313 e. The van der Waals surface area contributed by atoms with Crippen molar-refractivity contribution < 1.29 is 14.3 Å². The lowest BCUT2D eigenvalue weighted by Gasteiger charge is -2.24. The third-order valence-electron chi connectivity index (χ3n) is 6.19. The number of aryl methyl sites for hydroxylation is 1. The molecule has 1 atom stereocenters. The van der Waals surface area contributed by atoms with Gasteiger partial charge in [-0.3, -0.25) is 9.59 Å². The third kappa shape index (κ3) is 2.44. The lowest BCUT2D eigenvalue weighted by molar-refractivity contribution is -0.148. The molecule has 1 unspecified atom stereocenters. The molecule has 2 aromatic heterocycles. The van der Waals surface area contributed by atoms with Crippen molar-refractivity contribution in [2.75, 3.05) is 7.11 Å². The van der Waals surface area contributed by atoms with E-state index in [9.17, 15) is 9.59 Å². The van der Waals surface area contributed by atoms with E-state index in [2.05, 4.69) is 6.92 Å². The molecule has 0 N–H and O–H groups in total. The van der Waals surface area contributed by atoms with Gasteiger partial charge in [-0.2, -0.15) is 0 Å². The topological polar surface area (TPSA) is 70.4 Å². The van der Waals surface area contributed by atoms with Gasteiger partial charge in [0, 0.05) is 10.9 Å². The van der Waals surface area contributed by atoms with Crippen LogP contribution in [-0.4, -0.2) is 22.6 Å². The van der Waals surface area contributed by atoms with Gasteiger partial charge in [0.25, 0.3) is 5.56 Å². The maximum atomic E-state index is 13.3. The molecule has 0 spiro atoms. The molecule has 0 amide bonds. The number of aromatic nitrogens is 2. The predicted molar refractivity (Wildman–Crippen MR) is 109 cm³/mol. The van der Waals surface area contributed by atoms with Gasteiger partial charge in [-0.15, -0.1) is 0 Å². The van der Waals surface area contributed by atoms with Crippen LogP contribution in [0.15, 0.2) is 29.1 Å². The van der Waals surface area contributed by atoms with Gasteiger partial charge in [-0.25, -0.2) is 4.98 Å². The zero-order valence-corrected chi connectivity index (χ0v) is 16.7. The molecule has 0 saturated heterocycles. The van der Waals surface area contributed by atoms with Crippen LogP contribution in [0, 0.1) is 0 Å². The van der Waals surface area contributed by atoms with Gasteiger partial charge >= 0.3 is 5.97 Å². The number of ether oxygens (including phenoxy) is 2. The van der Waals surface area contributed by atoms with Gasteiger partial charge in [0.15, 0.2) is 0 Å². The highest BCUT2D eigenvalue weighted by Crippen LogP contribution is 2.39. The predicted octanol–water partition coefficient (Wildman–Crippen LogP) is 3.55. The quantitative estimate of drug-likeness (QED) is 0.501. The van der Waals surface area contributed by atoms with Crippen molar-refractivity contribution in [3.05, 3.63) is 56.9 Å². The Bertz CT molecular complexity index is 1240. The number of carbonyl (C=O) groups is 1. The Morgan fingerprint density at radius 3 is 2.76 bits per heavy atom. The van der Waals surface area contributed by atoms with Crippen LogP contribution >= 0.6 is 0 Å². The van der Waals surface area contributed by atoms with Gasteiger partial charge in [-0.05, 0) is 48.2 Å². The molecule has 4 heterocycles. The van der Waals surface area contributed by atoms with Crippen LogP contribution in [-0.2, 0) is 29.1 Å². The van der Waals surface area contributed by atoms with Gasteiger partial charge in [0.2, 0.25) is 0 Å². The van der Waals surface area contributed by atoms with Crippen molar-refractivity contribution in [1.29, 1.82) is 0 Å². The van der Waals surface area contributed by atoms with E-state index in [0.29, 0.717) is 18.5 Å². The number of hydrogen-bond acceptors (Lipinski definition) is 5. The summed E-state index contributed by atoms with van der Waals surface area (Å²) in [5.41, 5.74) is 6.09. The first-order valence-corrected chi connectivity index (χ1v) is 10.00. The van der Waals surface area contributed by atoms with Crippen molar-refractivity contribution in [2.24, 2.45) is 0 Å². The van der Waals surface area contributed by atoms with Gasteiger partial charge in [0.05, 0.1) is 42.0 Å². The molecular formula is C23H22N2O4. The van der Waals surface area contributed by atoms with Crippen molar-refractivity contribution in [3.8, 4) is 17.1 Å². The van der Waals surface area contributed by atoms with E-state index in [1.807, 2.05) is 31.2 Å². The van der Waals surface area contributed by atoms with Crippen LogP contribution in [0.4, 0.5) is 0 Å². The number of methoxy groups -OCH3 is 1. The number of fused-ring (bicyclic) bond motifs is 5. The second-order valence-corrected chi connectivity index (χ2v) is 7.58. The van der Waals surface area contributed by atoms with Gasteiger partial charge < -0.3 is 14.0 Å². The Hall–Kier alpha value is -3.15. The van der Waals surface area contributed by atoms with Crippen LogP contribution in [0.5, 0.6) is 5.75 Å². The highest BCUT2D eigenvalue weighted by atomic mass is 16.5. The molecule has 2 aliphatic rings. The number of benzene rings is 1. The van der Waals surface area contributed by atoms with Crippen LogP contribution in [0.1, 0.15) is 48.4 Å². The largest absolute Gasteiger partial charge is 0.497 e. The second kappa shape index (κ2) is 6.44. The summed E-state index contributed by atoms with van der Waals surface area (Å²) in [7, 11) is 1.65. The molecule has 5 rings (SSSR count). The Balaban J connectivity index is 1.79. The molecule has 29 heavy (non-hydrogen) atoms. The van der Waals surface area contributed by atoms with E-state index in [-0.39, 0.29) is 18.1 Å². The summed E-state index contributed by atoms with van der Waals surface area (Å²) < 4.78 is 12.4. The van der Waals surface area contributed by atoms with E-state index >= 15 is 0 Å². The summed E-state index contributed by atoms with van der Waals surface area (Å²) in [5, 5.41) is 1.06. The minimum atomic E-state index is -0.392. The van der Waals surface area contributed by atoms with E-state index in [0.717, 1.165) is 45.6 Å². The van der Waals surface area contributed by atoms with E-state index in [4.69, 9.17) is 14.5 Å². The van der Waals surface area contributed by atoms with Crippen molar-refractivity contribution in [2.45, 2.75) is 45.8 Å². The molecule has 2 aliphatic heterocycles. The lowest BCUT2D eigenvalue weighted by atomic mass is 9.90. The molecule has 0 aliphatic carbocycles. The fraction of sp³-hybridized carbons (Fsp3) is 0.348. The number of carbonyl (C=O) groups excluding carboxylic acids is 1. The van der Waals surface area contributed by atoms with E-state index in [1.54, 1.807) is 11.7 Å². The molecular weight excluding hydrogens is 368 g/mol. The third-order valence-corrected chi connectivity index (χ3v) is 6.19. The average molecular weight is 390 g/mol. The highest BCUT2D eigenvalue weighted by molar-refractivity contribution is 5.89. The molecule has 0 radical (unpaired) electrons. The Morgan fingerprint density at radius 1 is 1.21 bits per heavy atom. The van der Waals surface area contributed by atoms with Gasteiger partial charge in [-0.1, -0.05) is 13.8 Å². The Labute approximate surface area is 168 Å². The van der Waals surface area contributed by atoms with Crippen molar-refractivity contribution in [3.63, 3.8) is 0 Å². The maximum Gasteiger partial charge on any atom is 0.313 e. The number of cyclic esters (lactones) is 1. The van der Waals surface area contributed by atoms with E-state index < -0.39 is 5.92 Å². The molecule has 0 saturated carbocycles. The second-order valence-electron chi connectivity index (χ2n) is 7.58. The first kappa shape index (κ1) is 17.9. The molecule has 3 aromatic rings. The molecule has 0 fully saturated rings. The first-order valence-electron chi connectivity index (χ1n) is 10.00. The van der Waals surface area contributed by atoms with Crippen molar-refractivity contribution in [1.82, 2.24) is 9.55 Å². The standard InChI is InChI=1S/C23H22N2O4/c1-4-13-16-8-12(28-3)6-7-19(16)24-21-17(13)10-25-20(21)9-15-14(5-2)23(27)29-11-18(15)22(25)26/h6-9,14H,4-5,10-11H2,1-3H3. The average Bonchev–Trinajstić information content (AvgIpc) is 3.10. The number of rotatable bonds is 3. The molecule has 6 nitrogen and oxygen atoms in total. The molecule has 1 aromatic carbocycles. The van der Waals surface area contributed by atoms with E-state index in [1.165, 1.54) is 5.56 Å². The van der Waals surface area contributed by atoms with Crippen LogP contribution in [0.25, 0.3) is 22.3 Å². The van der Waals surface area contributed by atoms with Gasteiger partial charge in [0.1, 0.15) is 12.4 Å². The summed E-state index contributed by atoms with van der Waals surface area (Å²) in [6.07, 6.45) is 1.43. The number of hydrogen-bond donors (Lipinski definition) is 0. The molecule has 6 heteroatoms. The lowest BCUT2D eigenvalue weighted by Crippen LogP contribution is -2.32. The Morgan fingerprint density at radius 2 is 2.03 bits per heavy atom. The normalized spacial score (nSPS) is 16.9.